The van der Waals surface area contributed by atoms with E-state index in [4.69, 9.17) is 35.2 Å². The highest BCUT2D eigenvalue weighted by molar-refractivity contribution is 6.31. The SMILES string of the molecule is C#CCCCCC(N=C(N)NC(=O)c1nc(Cl)c(N)nc1N)c1ccccc1. The van der Waals surface area contributed by atoms with Gasteiger partial charge in [0, 0.05) is 6.42 Å². The third-order valence-electron chi connectivity index (χ3n) is 3.89. The summed E-state index contributed by atoms with van der Waals surface area (Å²) in [4.78, 5) is 24.4. The van der Waals surface area contributed by atoms with Crippen LogP contribution in [0.3, 0.4) is 0 Å². The number of guanidine groups is 1. The molecule has 1 aromatic heterocycles. The molecule has 0 radical (unpaired) electrons. The first-order chi connectivity index (χ1) is 13.4. The number of rotatable bonds is 7. The fourth-order valence-electron chi connectivity index (χ4n) is 2.53. The minimum atomic E-state index is -0.674. The Hall–Kier alpha value is -3.31. The second kappa shape index (κ2) is 10.1. The van der Waals surface area contributed by atoms with Crippen molar-refractivity contribution >= 4 is 35.1 Å². The predicted molar refractivity (Wildman–Crippen MR) is 111 cm³/mol. The molecule has 146 valence electrons. The molecular weight excluding hydrogens is 378 g/mol. The van der Waals surface area contributed by atoms with Gasteiger partial charge in [-0.3, -0.25) is 10.1 Å². The van der Waals surface area contributed by atoms with Crippen LogP contribution in [0.25, 0.3) is 0 Å². The first-order valence-corrected chi connectivity index (χ1v) is 9.01. The highest BCUT2D eigenvalue weighted by Crippen LogP contribution is 2.24. The summed E-state index contributed by atoms with van der Waals surface area (Å²) in [6.07, 6.45) is 8.49. The highest BCUT2D eigenvalue weighted by atomic mass is 35.5. The van der Waals surface area contributed by atoms with Crippen LogP contribution in [0.15, 0.2) is 35.3 Å². The summed E-state index contributed by atoms with van der Waals surface area (Å²) >= 11 is 5.80. The van der Waals surface area contributed by atoms with Gasteiger partial charge in [0.2, 0.25) is 0 Å². The maximum absolute atomic E-state index is 12.4. The van der Waals surface area contributed by atoms with Crippen molar-refractivity contribution in [3.05, 3.63) is 46.7 Å². The Morgan fingerprint density at radius 2 is 1.93 bits per heavy atom. The average molecular weight is 400 g/mol. The van der Waals surface area contributed by atoms with E-state index in [1.54, 1.807) is 0 Å². The van der Waals surface area contributed by atoms with Crippen LogP contribution in [0.1, 0.15) is 47.8 Å². The number of nitrogens with one attached hydrogen (secondary N) is 1. The van der Waals surface area contributed by atoms with Gasteiger partial charge in [0.1, 0.15) is 0 Å². The molecule has 0 aliphatic heterocycles. The van der Waals surface area contributed by atoms with Crippen molar-refractivity contribution in [2.75, 3.05) is 11.5 Å². The van der Waals surface area contributed by atoms with Gasteiger partial charge in [0.05, 0.1) is 6.04 Å². The molecule has 9 heteroatoms. The van der Waals surface area contributed by atoms with Crippen LogP contribution < -0.4 is 22.5 Å². The maximum atomic E-state index is 12.4. The average Bonchev–Trinajstić information content (AvgIpc) is 2.67. The van der Waals surface area contributed by atoms with Gasteiger partial charge in [0.25, 0.3) is 5.91 Å². The Morgan fingerprint density at radius 1 is 1.21 bits per heavy atom. The molecule has 1 heterocycles. The van der Waals surface area contributed by atoms with Crippen molar-refractivity contribution in [1.82, 2.24) is 15.3 Å². The van der Waals surface area contributed by atoms with Crippen LogP contribution >= 0.6 is 11.6 Å². The molecule has 2 rings (SSSR count). The summed E-state index contributed by atoms with van der Waals surface area (Å²) in [5, 5.41) is 2.34. The second-order valence-electron chi connectivity index (χ2n) is 5.98. The molecule has 0 fully saturated rings. The number of carbonyl (C=O) groups excluding carboxylic acids is 1. The lowest BCUT2D eigenvalue weighted by Crippen LogP contribution is -2.38. The number of nitrogens with zero attached hydrogens (tertiary/aromatic N) is 3. The van der Waals surface area contributed by atoms with Crippen molar-refractivity contribution in [3.63, 3.8) is 0 Å². The Labute approximate surface area is 168 Å². The molecule has 2 aromatic rings. The van der Waals surface area contributed by atoms with Crippen molar-refractivity contribution in [2.45, 2.75) is 31.7 Å². The molecule has 7 N–H and O–H groups in total. The molecule has 0 saturated carbocycles. The van der Waals surface area contributed by atoms with E-state index in [0.717, 1.165) is 24.8 Å². The molecule has 28 heavy (non-hydrogen) atoms. The first kappa shape index (κ1) is 21.0. The number of nitrogen functional groups attached to an aromatic ring is 2. The lowest BCUT2D eigenvalue weighted by Gasteiger charge is -2.14. The summed E-state index contributed by atoms with van der Waals surface area (Å²) in [5.41, 5.74) is 17.9. The first-order valence-electron chi connectivity index (χ1n) is 8.64. The second-order valence-corrected chi connectivity index (χ2v) is 6.34. The minimum absolute atomic E-state index is 0.0616. The third kappa shape index (κ3) is 5.86. The topological polar surface area (TPSA) is 145 Å². The summed E-state index contributed by atoms with van der Waals surface area (Å²) in [6, 6.07) is 9.43. The maximum Gasteiger partial charge on any atom is 0.280 e. The predicted octanol–water partition coefficient (Wildman–Crippen LogP) is 2.27. The molecule has 0 saturated heterocycles. The Bertz CT molecular complexity index is 893. The Balaban J connectivity index is 2.15. The molecular formula is C19H22ClN7O. The lowest BCUT2D eigenvalue weighted by atomic mass is 10.0. The minimum Gasteiger partial charge on any atom is -0.382 e. The van der Waals surface area contributed by atoms with Gasteiger partial charge < -0.3 is 17.2 Å². The van der Waals surface area contributed by atoms with E-state index in [0.29, 0.717) is 6.42 Å². The van der Waals surface area contributed by atoms with Crippen LogP contribution in [-0.2, 0) is 0 Å². The molecule has 8 nitrogen and oxygen atoms in total. The monoisotopic (exact) mass is 399 g/mol. The van der Waals surface area contributed by atoms with E-state index in [2.05, 4.69) is 26.2 Å². The van der Waals surface area contributed by atoms with Gasteiger partial charge in [-0.15, -0.1) is 12.3 Å². The number of aliphatic imine (C=N–C) groups is 1. The van der Waals surface area contributed by atoms with E-state index < -0.39 is 5.91 Å². The third-order valence-corrected chi connectivity index (χ3v) is 4.17. The number of nitrogens with two attached hydrogens (primary N) is 3. The molecule has 1 atom stereocenters. The van der Waals surface area contributed by atoms with Crippen LogP contribution in [0.2, 0.25) is 5.15 Å². The zero-order chi connectivity index (χ0) is 20.5. The zero-order valence-electron chi connectivity index (χ0n) is 15.2. The smallest absolute Gasteiger partial charge is 0.280 e. The van der Waals surface area contributed by atoms with Gasteiger partial charge in [-0.1, -0.05) is 48.4 Å². The van der Waals surface area contributed by atoms with E-state index in [9.17, 15) is 4.79 Å². The molecule has 0 spiro atoms. The largest absolute Gasteiger partial charge is 0.382 e. The quantitative estimate of drug-likeness (QED) is 0.243. The molecule has 1 aromatic carbocycles. The summed E-state index contributed by atoms with van der Waals surface area (Å²) in [6.45, 7) is 0. The fourth-order valence-corrected chi connectivity index (χ4v) is 2.66. The number of hydrogen-bond donors (Lipinski definition) is 4. The summed E-state index contributed by atoms with van der Waals surface area (Å²) in [7, 11) is 0. The number of halogens is 1. The van der Waals surface area contributed by atoms with E-state index in [1.807, 2.05) is 30.3 Å². The summed E-state index contributed by atoms with van der Waals surface area (Å²) in [5.74, 6) is 1.67. The lowest BCUT2D eigenvalue weighted by molar-refractivity contribution is 0.0972. The van der Waals surface area contributed by atoms with E-state index in [1.165, 1.54) is 0 Å². The van der Waals surface area contributed by atoms with E-state index >= 15 is 0 Å². The molecule has 1 unspecified atom stereocenters. The number of anilines is 2. The molecule has 0 bridgehead atoms. The summed E-state index contributed by atoms with van der Waals surface area (Å²) < 4.78 is 0. The highest BCUT2D eigenvalue weighted by Gasteiger charge is 2.18. The zero-order valence-corrected chi connectivity index (χ0v) is 16.0. The number of unbranched alkanes of at least 4 members (excludes halogenated alkanes) is 2. The number of carbonyl (C=O) groups is 1. The van der Waals surface area contributed by atoms with Gasteiger partial charge in [-0.05, 0) is 18.4 Å². The molecule has 0 aliphatic rings. The van der Waals surface area contributed by atoms with Crippen molar-refractivity contribution in [2.24, 2.45) is 10.7 Å². The van der Waals surface area contributed by atoms with Gasteiger partial charge >= 0.3 is 0 Å². The van der Waals surface area contributed by atoms with Gasteiger partial charge in [-0.2, -0.15) is 0 Å². The van der Waals surface area contributed by atoms with Crippen molar-refractivity contribution in [3.8, 4) is 12.3 Å². The number of aromatic nitrogens is 2. The molecule has 0 aliphatic carbocycles. The Morgan fingerprint density at radius 3 is 2.61 bits per heavy atom. The standard InChI is InChI=1S/C19H22ClN7O/c1-2-3-4-8-11-13(12-9-6-5-7-10-12)24-19(23)27-18(28)14-16(21)26-17(22)15(20)25-14/h1,5-7,9-10,13H,3-4,8,11H2,(H4,21,22,26)(H3,23,24,27,28). The van der Waals surface area contributed by atoms with Crippen molar-refractivity contribution in [1.29, 1.82) is 0 Å². The molecule has 1 amide bonds. The number of benzene rings is 1. The number of hydrogen-bond acceptors (Lipinski definition) is 6. The van der Waals surface area contributed by atoms with Crippen LogP contribution in [-0.4, -0.2) is 21.8 Å². The fraction of sp³-hybridized carbons (Fsp3) is 0.263. The van der Waals surface area contributed by atoms with Crippen molar-refractivity contribution < 1.29 is 4.79 Å². The normalized spacial score (nSPS) is 12.2. The number of amides is 1. The van der Waals surface area contributed by atoms with Gasteiger partial charge in [-0.25, -0.2) is 15.0 Å². The number of terminal acetylenes is 1. The van der Waals surface area contributed by atoms with Crippen LogP contribution in [0.5, 0.6) is 0 Å². The van der Waals surface area contributed by atoms with Crippen LogP contribution in [0, 0.1) is 12.3 Å². The van der Waals surface area contributed by atoms with Gasteiger partial charge in [0.15, 0.2) is 28.4 Å². The Kier molecular flexibility index (Phi) is 7.60. The van der Waals surface area contributed by atoms with Crippen LogP contribution in [0.4, 0.5) is 11.6 Å². The van der Waals surface area contributed by atoms with E-state index in [-0.39, 0.29) is 34.5 Å².